The Hall–Kier alpha value is -2.21. The number of thioether (sulfide) groups is 1. The number of hydrogen-bond donors (Lipinski definition) is 0. The topological polar surface area (TPSA) is 59.8 Å². The van der Waals surface area contributed by atoms with Crippen LogP contribution in [-0.2, 0) is 33.7 Å². The van der Waals surface area contributed by atoms with E-state index in [0.717, 1.165) is 17.7 Å². The highest BCUT2D eigenvalue weighted by Gasteiger charge is 2.15. The highest BCUT2D eigenvalue weighted by Crippen LogP contribution is 2.27. The maximum absolute atomic E-state index is 12.0. The molecule has 0 bridgehead atoms. The summed E-state index contributed by atoms with van der Waals surface area (Å²) in [4.78, 5) is 26.4. The third-order valence-electron chi connectivity index (χ3n) is 4.18. The molecule has 0 spiro atoms. The summed E-state index contributed by atoms with van der Waals surface area (Å²) < 4.78 is 10.3. The first-order valence-electron chi connectivity index (χ1n) is 8.28. The molecule has 0 saturated heterocycles. The minimum Gasteiger partial charge on any atom is -0.467 e. The highest BCUT2D eigenvalue weighted by atomic mass is 32.2. The van der Waals surface area contributed by atoms with Crippen LogP contribution in [0.15, 0.2) is 45.9 Å². The number of carbonyl (C=O) groups excluding carboxylic acids is 2. The Balaban J connectivity index is 1.39. The Kier molecular flexibility index (Phi) is 5.81. The Labute approximate surface area is 151 Å². The molecule has 0 unspecified atom stereocenters. The van der Waals surface area contributed by atoms with E-state index < -0.39 is 0 Å². The van der Waals surface area contributed by atoms with E-state index in [0.29, 0.717) is 12.3 Å². The van der Waals surface area contributed by atoms with Gasteiger partial charge < -0.3 is 14.1 Å². The summed E-state index contributed by atoms with van der Waals surface area (Å²) in [5.41, 5.74) is 2.80. The van der Waals surface area contributed by atoms with Gasteiger partial charge in [0.2, 0.25) is 0 Å². The van der Waals surface area contributed by atoms with Gasteiger partial charge in [0.1, 0.15) is 5.76 Å². The van der Waals surface area contributed by atoms with Crippen LogP contribution in [0.4, 0.5) is 0 Å². The number of ether oxygens (including phenoxy) is 1. The van der Waals surface area contributed by atoms with Gasteiger partial charge in [0.25, 0.3) is 5.91 Å². The van der Waals surface area contributed by atoms with Crippen LogP contribution >= 0.6 is 11.8 Å². The van der Waals surface area contributed by atoms with Crippen molar-refractivity contribution < 1.29 is 18.7 Å². The predicted octanol–water partition coefficient (Wildman–Crippen LogP) is 3.06. The number of likely N-dealkylation sites (N-methyl/N-ethyl adjacent to an activating group) is 1. The van der Waals surface area contributed by atoms with Gasteiger partial charge in [0.05, 0.1) is 18.6 Å². The summed E-state index contributed by atoms with van der Waals surface area (Å²) in [7, 11) is 1.65. The third-order valence-corrected chi connectivity index (χ3v) is 5.15. The molecule has 25 heavy (non-hydrogen) atoms. The number of nitrogens with zero attached hydrogens (tertiary/aromatic N) is 1. The number of fused-ring (bicyclic) bond motifs is 1. The maximum Gasteiger partial charge on any atom is 0.316 e. The molecule has 1 aliphatic carbocycles. The van der Waals surface area contributed by atoms with Crippen LogP contribution in [0.5, 0.6) is 0 Å². The van der Waals surface area contributed by atoms with Gasteiger partial charge in [-0.15, -0.1) is 11.8 Å². The standard InChI is InChI=1S/C19H21NO4S/c1-20(11-16-6-3-9-23-16)18(21)12-24-19(22)13-25-17-8-7-14-4-2-5-15(14)10-17/h3,6-10H,2,4-5,11-13H2,1H3. The van der Waals surface area contributed by atoms with Crippen LogP contribution in [0.25, 0.3) is 0 Å². The molecular formula is C19H21NO4S. The molecule has 3 rings (SSSR count). The summed E-state index contributed by atoms with van der Waals surface area (Å²) in [6.45, 7) is 0.105. The van der Waals surface area contributed by atoms with E-state index in [2.05, 4.69) is 12.1 Å². The highest BCUT2D eigenvalue weighted by molar-refractivity contribution is 8.00. The van der Waals surface area contributed by atoms with Crippen molar-refractivity contribution >= 4 is 23.6 Å². The Morgan fingerprint density at radius 2 is 2.08 bits per heavy atom. The van der Waals surface area contributed by atoms with Gasteiger partial charge in [-0.3, -0.25) is 9.59 Å². The van der Waals surface area contributed by atoms with Crippen molar-refractivity contribution in [2.45, 2.75) is 30.7 Å². The van der Waals surface area contributed by atoms with Crippen molar-refractivity contribution in [2.24, 2.45) is 0 Å². The van der Waals surface area contributed by atoms with Gasteiger partial charge in [-0.25, -0.2) is 0 Å². The van der Waals surface area contributed by atoms with Crippen LogP contribution in [0.1, 0.15) is 23.3 Å². The number of amides is 1. The predicted molar refractivity (Wildman–Crippen MR) is 95.3 cm³/mol. The molecule has 132 valence electrons. The summed E-state index contributed by atoms with van der Waals surface area (Å²) in [5, 5.41) is 0. The van der Waals surface area contributed by atoms with Crippen molar-refractivity contribution in [3.05, 3.63) is 53.5 Å². The normalized spacial score (nSPS) is 12.7. The van der Waals surface area contributed by atoms with Crippen molar-refractivity contribution in [3.8, 4) is 0 Å². The lowest BCUT2D eigenvalue weighted by Crippen LogP contribution is -2.30. The SMILES string of the molecule is CN(Cc1ccco1)C(=O)COC(=O)CSc1ccc2c(c1)CCC2. The van der Waals surface area contributed by atoms with Crippen molar-refractivity contribution in [1.29, 1.82) is 0 Å². The maximum atomic E-state index is 12.0. The van der Waals surface area contributed by atoms with Crippen LogP contribution in [-0.4, -0.2) is 36.2 Å². The minimum atomic E-state index is -0.384. The number of furan rings is 1. The quantitative estimate of drug-likeness (QED) is 0.562. The average Bonchev–Trinajstić information content (AvgIpc) is 3.28. The second kappa shape index (κ2) is 8.25. The van der Waals surface area contributed by atoms with E-state index in [4.69, 9.17) is 9.15 Å². The largest absolute Gasteiger partial charge is 0.467 e. The molecule has 1 aliphatic rings. The molecule has 6 heteroatoms. The number of rotatable bonds is 7. The lowest BCUT2D eigenvalue weighted by Gasteiger charge is -2.15. The fourth-order valence-electron chi connectivity index (χ4n) is 2.80. The van der Waals surface area contributed by atoms with E-state index in [1.54, 1.807) is 25.4 Å². The van der Waals surface area contributed by atoms with Crippen LogP contribution in [0.2, 0.25) is 0 Å². The van der Waals surface area contributed by atoms with Crippen molar-refractivity contribution in [1.82, 2.24) is 4.90 Å². The van der Waals surface area contributed by atoms with Gasteiger partial charge in [0.15, 0.2) is 6.61 Å². The molecule has 1 amide bonds. The third kappa shape index (κ3) is 4.89. The molecule has 0 aliphatic heterocycles. The lowest BCUT2D eigenvalue weighted by molar-refractivity contribution is -0.149. The molecule has 0 N–H and O–H groups in total. The molecule has 0 saturated carbocycles. The zero-order valence-corrected chi connectivity index (χ0v) is 15.0. The summed E-state index contributed by atoms with van der Waals surface area (Å²) in [5.74, 6) is 0.250. The monoisotopic (exact) mass is 359 g/mol. The Bertz CT molecular complexity index is 742. The van der Waals surface area contributed by atoms with Gasteiger partial charge >= 0.3 is 5.97 Å². The van der Waals surface area contributed by atoms with Crippen LogP contribution in [0.3, 0.4) is 0 Å². The fraction of sp³-hybridized carbons (Fsp3) is 0.368. The van der Waals surface area contributed by atoms with E-state index in [-0.39, 0.29) is 24.2 Å². The number of carbonyl (C=O) groups is 2. The minimum absolute atomic E-state index is 0.202. The number of aryl methyl sites for hydroxylation is 2. The molecule has 2 aromatic rings. The number of hydrogen-bond acceptors (Lipinski definition) is 5. The Morgan fingerprint density at radius 1 is 1.24 bits per heavy atom. The van der Waals surface area contributed by atoms with E-state index in [1.807, 2.05) is 6.07 Å². The van der Waals surface area contributed by atoms with E-state index >= 15 is 0 Å². The first-order chi connectivity index (χ1) is 12.1. The van der Waals surface area contributed by atoms with E-state index in [1.165, 1.54) is 34.2 Å². The summed E-state index contributed by atoms with van der Waals surface area (Å²) in [6.07, 6.45) is 5.03. The van der Waals surface area contributed by atoms with Gasteiger partial charge in [0, 0.05) is 11.9 Å². The Morgan fingerprint density at radius 3 is 2.88 bits per heavy atom. The fourth-order valence-corrected chi connectivity index (χ4v) is 3.56. The lowest BCUT2D eigenvalue weighted by atomic mass is 10.1. The second-order valence-corrected chi connectivity index (χ2v) is 7.11. The zero-order chi connectivity index (χ0) is 17.6. The molecule has 0 radical (unpaired) electrons. The molecule has 0 fully saturated rings. The average molecular weight is 359 g/mol. The first-order valence-corrected chi connectivity index (χ1v) is 9.27. The van der Waals surface area contributed by atoms with Gasteiger partial charge in [-0.05, 0) is 54.7 Å². The summed E-state index contributed by atoms with van der Waals surface area (Å²) >= 11 is 1.44. The molecule has 5 nitrogen and oxygen atoms in total. The smallest absolute Gasteiger partial charge is 0.316 e. The molecule has 0 atom stereocenters. The zero-order valence-electron chi connectivity index (χ0n) is 14.2. The molecule has 1 aromatic heterocycles. The molecule has 1 aromatic carbocycles. The second-order valence-electron chi connectivity index (χ2n) is 6.06. The molecular weight excluding hydrogens is 338 g/mol. The first kappa shape index (κ1) is 17.6. The van der Waals surface area contributed by atoms with Gasteiger partial charge in [-0.1, -0.05) is 6.07 Å². The number of benzene rings is 1. The summed E-state index contributed by atoms with van der Waals surface area (Å²) in [6, 6.07) is 9.91. The van der Waals surface area contributed by atoms with Crippen molar-refractivity contribution in [3.63, 3.8) is 0 Å². The van der Waals surface area contributed by atoms with Gasteiger partial charge in [-0.2, -0.15) is 0 Å². The number of esters is 1. The van der Waals surface area contributed by atoms with E-state index in [9.17, 15) is 9.59 Å². The van der Waals surface area contributed by atoms with Crippen molar-refractivity contribution in [2.75, 3.05) is 19.4 Å². The van der Waals surface area contributed by atoms with Crippen LogP contribution in [0, 0.1) is 0 Å². The van der Waals surface area contributed by atoms with Crippen LogP contribution < -0.4 is 0 Å². The molecule has 1 heterocycles.